The maximum absolute atomic E-state index is 13.2. The van der Waals surface area contributed by atoms with E-state index in [1.165, 1.54) is 5.56 Å². The third-order valence-corrected chi connectivity index (χ3v) is 7.24. The third-order valence-electron chi connectivity index (χ3n) is 6.87. The van der Waals surface area contributed by atoms with Crippen molar-refractivity contribution >= 4 is 17.6 Å². The Morgan fingerprint density at radius 3 is 2.00 bits per heavy atom. The van der Waals surface area contributed by atoms with Crippen molar-refractivity contribution in [2.75, 3.05) is 19.6 Å². The van der Waals surface area contributed by atoms with E-state index in [2.05, 4.69) is 45.4 Å². The quantitative estimate of drug-likeness (QED) is 0.580. The molecule has 3 aromatic carbocycles. The number of benzene rings is 3. The van der Waals surface area contributed by atoms with Gasteiger partial charge in [-0.05, 0) is 35.6 Å². The van der Waals surface area contributed by atoms with Gasteiger partial charge in [-0.1, -0.05) is 90.5 Å². The van der Waals surface area contributed by atoms with Gasteiger partial charge >= 0.3 is 6.03 Å². The van der Waals surface area contributed by atoms with Gasteiger partial charge in [-0.2, -0.15) is 0 Å². The number of carbonyl (C=O) groups is 1. The van der Waals surface area contributed by atoms with Crippen molar-refractivity contribution in [3.05, 3.63) is 107 Å². The molecule has 5 rings (SSSR count). The molecule has 0 saturated carbocycles. The van der Waals surface area contributed by atoms with E-state index in [1.54, 1.807) is 0 Å². The summed E-state index contributed by atoms with van der Waals surface area (Å²) in [5, 5.41) is 4.19. The molecular formula is C27H28ClN3O. The predicted octanol–water partition coefficient (Wildman–Crippen LogP) is 5.27. The lowest BCUT2D eigenvalue weighted by molar-refractivity contribution is 0.129. The Labute approximate surface area is 194 Å². The second kappa shape index (κ2) is 8.97. The van der Waals surface area contributed by atoms with E-state index in [-0.39, 0.29) is 12.1 Å². The van der Waals surface area contributed by atoms with Crippen LogP contribution in [0, 0.1) is 0 Å². The molecule has 2 fully saturated rings. The second-order valence-electron chi connectivity index (χ2n) is 8.79. The van der Waals surface area contributed by atoms with E-state index in [4.69, 9.17) is 11.6 Å². The van der Waals surface area contributed by atoms with Gasteiger partial charge < -0.3 is 10.2 Å². The maximum atomic E-state index is 13.2. The number of nitrogens with zero attached hydrogens (tertiary/aromatic N) is 2. The number of halogens is 1. The van der Waals surface area contributed by atoms with Gasteiger partial charge in [0.25, 0.3) is 0 Å². The van der Waals surface area contributed by atoms with Crippen LogP contribution < -0.4 is 5.32 Å². The molecule has 2 aliphatic rings. The zero-order chi connectivity index (χ0) is 22.0. The molecule has 0 spiro atoms. The summed E-state index contributed by atoms with van der Waals surface area (Å²) in [5.41, 5.74) is 2.89. The average Bonchev–Trinajstić information content (AvgIpc) is 3.21. The highest BCUT2D eigenvalue weighted by Crippen LogP contribution is 2.37. The van der Waals surface area contributed by atoms with Gasteiger partial charge in [0.2, 0.25) is 0 Å². The molecule has 0 radical (unpaired) electrons. The van der Waals surface area contributed by atoms with Crippen LogP contribution in [0.3, 0.4) is 0 Å². The summed E-state index contributed by atoms with van der Waals surface area (Å²) in [4.78, 5) is 17.7. The van der Waals surface area contributed by atoms with Gasteiger partial charge in [0.15, 0.2) is 0 Å². The number of amides is 2. The Morgan fingerprint density at radius 2 is 1.41 bits per heavy atom. The monoisotopic (exact) mass is 445 g/mol. The number of rotatable bonds is 5. The zero-order valence-corrected chi connectivity index (χ0v) is 18.8. The minimum absolute atomic E-state index is 0.0299. The number of nitrogens with one attached hydrogen (secondary N) is 1. The molecule has 0 aromatic heterocycles. The number of piperidine rings is 1. The Kier molecular flexibility index (Phi) is 5.90. The highest BCUT2D eigenvalue weighted by molar-refractivity contribution is 6.31. The van der Waals surface area contributed by atoms with Gasteiger partial charge in [-0.3, -0.25) is 4.90 Å². The average molecular weight is 446 g/mol. The third kappa shape index (κ3) is 4.01. The Balaban J connectivity index is 1.32. The Hall–Kier alpha value is -2.82. The summed E-state index contributed by atoms with van der Waals surface area (Å²) in [5.74, 6) is 0. The molecule has 4 nitrogen and oxygen atoms in total. The summed E-state index contributed by atoms with van der Waals surface area (Å²) < 4.78 is 0. The van der Waals surface area contributed by atoms with Crippen LogP contribution in [0.5, 0.6) is 0 Å². The van der Waals surface area contributed by atoms with Crippen LogP contribution in [0.2, 0.25) is 5.02 Å². The first-order chi connectivity index (χ1) is 15.7. The van der Waals surface area contributed by atoms with Gasteiger partial charge in [-0.15, -0.1) is 0 Å². The first kappa shape index (κ1) is 21.0. The van der Waals surface area contributed by atoms with E-state index in [0.29, 0.717) is 6.54 Å². The molecular weight excluding hydrogens is 418 g/mol. The fourth-order valence-electron chi connectivity index (χ4n) is 5.11. The number of carbonyl (C=O) groups excluding carboxylic acids is 1. The summed E-state index contributed by atoms with van der Waals surface area (Å²) in [6.45, 7) is 3.43. The van der Waals surface area contributed by atoms with Crippen LogP contribution in [0.15, 0.2) is 84.9 Å². The largest absolute Gasteiger partial charge is 0.323 e. The molecule has 3 aromatic rings. The van der Waals surface area contributed by atoms with Crippen molar-refractivity contribution in [1.29, 1.82) is 0 Å². The molecule has 0 bridgehead atoms. The van der Waals surface area contributed by atoms with E-state index in [0.717, 1.165) is 48.6 Å². The number of hydrogen-bond donors (Lipinski definition) is 1. The van der Waals surface area contributed by atoms with Crippen molar-refractivity contribution in [3.8, 4) is 0 Å². The standard InChI is InChI=1S/C27H28ClN3O/c28-25-14-8-7-9-21(25)19-30-17-15-24(16-18-30)31-20-27(29-26(31)32,22-10-3-1-4-11-22)23-12-5-2-6-13-23/h1-14,24H,15-20H2,(H,29,32). The van der Waals surface area contributed by atoms with E-state index >= 15 is 0 Å². The SMILES string of the molecule is O=C1NC(c2ccccc2)(c2ccccc2)CN1C1CCN(Cc2ccccc2Cl)CC1. The molecule has 2 heterocycles. The van der Waals surface area contributed by atoms with Crippen LogP contribution in [-0.4, -0.2) is 41.5 Å². The highest BCUT2D eigenvalue weighted by Gasteiger charge is 2.47. The minimum Gasteiger partial charge on any atom is -0.323 e. The van der Waals surface area contributed by atoms with Crippen LogP contribution in [0.1, 0.15) is 29.5 Å². The van der Waals surface area contributed by atoms with Gasteiger partial charge in [-0.25, -0.2) is 4.79 Å². The molecule has 0 aliphatic carbocycles. The molecule has 5 heteroatoms. The van der Waals surface area contributed by atoms with Crippen molar-refractivity contribution in [1.82, 2.24) is 15.1 Å². The Morgan fingerprint density at radius 1 is 0.844 bits per heavy atom. The smallest absolute Gasteiger partial charge is 0.318 e. The molecule has 2 amide bonds. The molecule has 0 atom stereocenters. The van der Waals surface area contributed by atoms with Gasteiger partial charge in [0.05, 0.1) is 6.54 Å². The number of urea groups is 1. The minimum atomic E-state index is -0.520. The number of hydrogen-bond acceptors (Lipinski definition) is 2. The summed E-state index contributed by atoms with van der Waals surface area (Å²) >= 11 is 6.35. The van der Waals surface area contributed by atoms with Crippen LogP contribution in [-0.2, 0) is 12.1 Å². The predicted molar refractivity (Wildman–Crippen MR) is 129 cm³/mol. The second-order valence-corrected chi connectivity index (χ2v) is 9.20. The first-order valence-corrected chi connectivity index (χ1v) is 11.7. The van der Waals surface area contributed by atoms with E-state index in [9.17, 15) is 4.79 Å². The van der Waals surface area contributed by atoms with Crippen LogP contribution in [0.4, 0.5) is 4.79 Å². The van der Waals surface area contributed by atoms with Crippen molar-refractivity contribution < 1.29 is 4.79 Å². The molecule has 164 valence electrons. The molecule has 0 unspecified atom stereocenters. The van der Waals surface area contributed by atoms with Crippen molar-refractivity contribution in [2.24, 2.45) is 0 Å². The molecule has 2 aliphatic heterocycles. The van der Waals surface area contributed by atoms with Gasteiger partial charge in [0, 0.05) is 30.7 Å². The highest BCUT2D eigenvalue weighted by atomic mass is 35.5. The number of likely N-dealkylation sites (tertiary alicyclic amines) is 1. The summed E-state index contributed by atoms with van der Waals surface area (Å²) in [6, 6.07) is 29.0. The van der Waals surface area contributed by atoms with Gasteiger partial charge in [0.1, 0.15) is 5.54 Å². The fraction of sp³-hybridized carbons (Fsp3) is 0.296. The normalized spacial score (nSPS) is 19.2. The molecule has 2 saturated heterocycles. The maximum Gasteiger partial charge on any atom is 0.318 e. The van der Waals surface area contributed by atoms with E-state index in [1.807, 2.05) is 54.6 Å². The topological polar surface area (TPSA) is 35.6 Å². The molecule has 1 N–H and O–H groups in total. The van der Waals surface area contributed by atoms with E-state index < -0.39 is 5.54 Å². The lowest BCUT2D eigenvalue weighted by Gasteiger charge is -2.37. The Bertz CT molecular complexity index is 1030. The molecule has 32 heavy (non-hydrogen) atoms. The lowest BCUT2D eigenvalue weighted by Crippen LogP contribution is -2.46. The summed E-state index contributed by atoms with van der Waals surface area (Å²) in [6.07, 6.45) is 1.94. The first-order valence-electron chi connectivity index (χ1n) is 11.3. The zero-order valence-electron chi connectivity index (χ0n) is 18.1. The summed E-state index contributed by atoms with van der Waals surface area (Å²) in [7, 11) is 0. The van der Waals surface area contributed by atoms with Crippen molar-refractivity contribution in [2.45, 2.75) is 31.0 Å². The van der Waals surface area contributed by atoms with Crippen LogP contribution in [0.25, 0.3) is 0 Å². The lowest BCUT2D eigenvalue weighted by atomic mass is 9.83. The van der Waals surface area contributed by atoms with Crippen molar-refractivity contribution in [3.63, 3.8) is 0 Å². The van der Waals surface area contributed by atoms with Crippen LogP contribution >= 0.6 is 11.6 Å². The fourth-order valence-corrected chi connectivity index (χ4v) is 5.31.